The highest BCUT2D eigenvalue weighted by atomic mass is 16.3. The summed E-state index contributed by atoms with van der Waals surface area (Å²) in [6.45, 7) is 8.72. The molecule has 2 nitrogen and oxygen atoms in total. The van der Waals surface area contributed by atoms with Crippen LogP contribution in [0.1, 0.15) is 72.6 Å². The minimum Gasteiger partial charge on any atom is -0.393 e. The van der Waals surface area contributed by atoms with Crippen molar-refractivity contribution in [2.45, 2.75) is 84.3 Å². The highest BCUT2D eigenvalue weighted by molar-refractivity contribution is 5.26. The average Bonchev–Trinajstić information content (AvgIpc) is 2.55. The summed E-state index contributed by atoms with van der Waals surface area (Å²) in [5.74, 6) is 4.40. The van der Waals surface area contributed by atoms with E-state index in [0.29, 0.717) is 17.8 Å². The number of terminal acetylenes is 1. The fraction of sp³-hybridized carbons (Fsp3) is 0.818. The van der Waals surface area contributed by atoms with Crippen molar-refractivity contribution in [3.05, 3.63) is 11.6 Å². The second kappa shape index (κ2) is 5.89. The zero-order valence-electron chi connectivity index (χ0n) is 15.8. The van der Waals surface area contributed by atoms with E-state index < -0.39 is 5.60 Å². The highest BCUT2D eigenvalue weighted by Crippen LogP contribution is 2.63. The summed E-state index contributed by atoms with van der Waals surface area (Å²) in [6, 6.07) is 0. The molecule has 0 radical (unpaired) electrons. The Morgan fingerprint density at radius 1 is 1.33 bits per heavy atom. The van der Waals surface area contributed by atoms with E-state index in [1.807, 2.05) is 6.92 Å². The molecule has 0 amide bonds. The van der Waals surface area contributed by atoms with Crippen molar-refractivity contribution in [3.8, 4) is 12.3 Å². The third kappa shape index (κ3) is 2.39. The molecule has 0 aromatic rings. The second-order valence-electron chi connectivity index (χ2n) is 9.24. The third-order valence-corrected chi connectivity index (χ3v) is 8.30. The maximum absolute atomic E-state index is 10.9. The molecule has 3 aliphatic carbocycles. The number of rotatable bonds is 2. The molecule has 7 atom stereocenters. The van der Waals surface area contributed by atoms with Crippen LogP contribution in [-0.4, -0.2) is 21.9 Å². The van der Waals surface area contributed by atoms with Gasteiger partial charge in [0.05, 0.1) is 6.10 Å². The lowest BCUT2D eigenvalue weighted by molar-refractivity contribution is -0.128. The van der Waals surface area contributed by atoms with Crippen molar-refractivity contribution in [2.24, 2.45) is 28.6 Å². The Balaban J connectivity index is 1.97. The van der Waals surface area contributed by atoms with E-state index in [4.69, 9.17) is 6.42 Å². The largest absolute Gasteiger partial charge is 0.393 e. The summed E-state index contributed by atoms with van der Waals surface area (Å²) in [5, 5.41) is 21.0. The molecule has 0 spiro atoms. The first kappa shape index (κ1) is 18.0. The standard InChI is InChI=1S/C22H34O2/c1-6-18-17-9-8-15-14-16(23)10-12-20(15,3)19(17)11-13-21(18,4)22(5,24)7-2/h2,8,16-19,23-24H,6,9-14H2,1,3-5H3/t16?,17?,18?,19-,20?,21?,22?/m0/s1. The molecule has 2 N–H and O–H groups in total. The van der Waals surface area contributed by atoms with Crippen molar-refractivity contribution in [1.29, 1.82) is 0 Å². The summed E-state index contributed by atoms with van der Waals surface area (Å²) < 4.78 is 0. The van der Waals surface area contributed by atoms with Crippen molar-refractivity contribution in [2.75, 3.05) is 0 Å². The van der Waals surface area contributed by atoms with Gasteiger partial charge in [0.1, 0.15) is 5.60 Å². The zero-order chi connectivity index (χ0) is 17.8. The van der Waals surface area contributed by atoms with Gasteiger partial charge in [-0.25, -0.2) is 0 Å². The Bertz CT molecular complexity index is 569. The predicted octanol–water partition coefficient (Wildman–Crippen LogP) is 4.31. The van der Waals surface area contributed by atoms with Crippen LogP contribution in [0, 0.1) is 40.9 Å². The number of fused-ring (bicyclic) bond motifs is 3. The predicted molar refractivity (Wildman–Crippen MR) is 98.2 cm³/mol. The van der Waals surface area contributed by atoms with Crippen LogP contribution >= 0.6 is 0 Å². The van der Waals surface area contributed by atoms with Crippen molar-refractivity contribution < 1.29 is 10.2 Å². The van der Waals surface area contributed by atoms with Crippen molar-refractivity contribution >= 4 is 0 Å². The number of allylic oxidation sites excluding steroid dienone is 1. The summed E-state index contributed by atoms with van der Waals surface area (Å²) in [4.78, 5) is 0. The molecule has 2 saturated carbocycles. The smallest absolute Gasteiger partial charge is 0.128 e. The van der Waals surface area contributed by atoms with E-state index in [1.165, 1.54) is 5.57 Å². The van der Waals surface area contributed by atoms with E-state index in [1.54, 1.807) is 0 Å². The lowest BCUT2D eigenvalue weighted by Crippen LogP contribution is -2.57. The van der Waals surface area contributed by atoms with Gasteiger partial charge >= 0.3 is 0 Å². The summed E-state index contributed by atoms with van der Waals surface area (Å²) >= 11 is 0. The van der Waals surface area contributed by atoms with Crippen LogP contribution in [-0.2, 0) is 0 Å². The molecule has 6 unspecified atom stereocenters. The van der Waals surface area contributed by atoms with Crippen LogP contribution in [0.15, 0.2) is 11.6 Å². The van der Waals surface area contributed by atoms with Gasteiger partial charge in [0.25, 0.3) is 0 Å². The topological polar surface area (TPSA) is 40.5 Å². The normalized spacial score (nSPS) is 47.6. The summed E-state index contributed by atoms with van der Waals surface area (Å²) in [5.41, 5.74) is 0.461. The van der Waals surface area contributed by atoms with E-state index in [0.717, 1.165) is 44.9 Å². The third-order valence-electron chi connectivity index (χ3n) is 8.30. The summed E-state index contributed by atoms with van der Waals surface area (Å²) in [7, 11) is 0. The molecule has 3 aliphatic rings. The van der Waals surface area contributed by atoms with Gasteiger partial charge in [-0.2, -0.15) is 0 Å². The first-order valence-corrected chi connectivity index (χ1v) is 9.77. The van der Waals surface area contributed by atoms with E-state index >= 15 is 0 Å². The molecular weight excluding hydrogens is 296 g/mol. The second-order valence-corrected chi connectivity index (χ2v) is 9.24. The maximum atomic E-state index is 10.9. The fourth-order valence-corrected chi connectivity index (χ4v) is 6.48. The molecule has 2 fully saturated rings. The minimum atomic E-state index is -1.05. The van der Waals surface area contributed by atoms with Crippen LogP contribution in [0.5, 0.6) is 0 Å². The molecule has 0 saturated heterocycles. The molecule has 0 aromatic carbocycles. The Kier molecular flexibility index (Phi) is 4.42. The van der Waals surface area contributed by atoms with Gasteiger partial charge in [-0.3, -0.25) is 0 Å². The molecule has 0 heterocycles. The molecule has 0 aromatic heterocycles. The van der Waals surface area contributed by atoms with E-state index in [-0.39, 0.29) is 16.9 Å². The number of hydrogen-bond acceptors (Lipinski definition) is 2. The Labute approximate surface area is 147 Å². The van der Waals surface area contributed by atoms with Gasteiger partial charge < -0.3 is 10.2 Å². The molecule has 3 rings (SSSR count). The molecule has 0 aliphatic heterocycles. The summed E-state index contributed by atoms with van der Waals surface area (Å²) in [6.07, 6.45) is 15.1. The van der Waals surface area contributed by atoms with Crippen LogP contribution in [0.2, 0.25) is 0 Å². The fourth-order valence-electron chi connectivity index (χ4n) is 6.48. The minimum absolute atomic E-state index is 0.154. The quantitative estimate of drug-likeness (QED) is 0.585. The van der Waals surface area contributed by atoms with Gasteiger partial charge in [-0.15, -0.1) is 6.42 Å². The van der Waals surface area contributed by atoms with E-state index in [9.17, 15) is 10.2 Å². The van der Waals surface area contributed by atoms with Gasteiger partial charge in [-0.1, -0.05) is 44.8 Å². The monoisotopic (exact) mass is 330 g/mol. The first-order chi connectivity index (χ1) is 11.2. The molecule has 24 heavy (non-hydrogen) atoms. The highest BCUT2D eigenvalue weighted by Gasteiger charge is 2.58. The number of aliphatic hydroxyl groups is 2. The van der Waals surface area contributed by atoms with Gasteiger partial charge in [0.15, 0.2) is 0 Å². The van der Waals surface area contributed by atoms with Crippen molar-refractivity contribution in [1.82, 2.24) is 0 Å². The average molecular weight is 331 g/mol. The number of aliphatic hydroxyl groups excluding tert-OH is 1. The van der Waals surface area contributed by atoms with Gasteiger partial charge in [0, 0.05) is 5.41 Å². The maximum Gasteiger partial charge on any atom is 0.128 e. The van der Waals surface area contributed by atoms with Crippen LogP contribution < -0.4 is 0 Å². The molecule has 2 heteroatoms. The van der Waals surface area contributed by atoms with Gasteiger partial charge in [0.2, 0.25) is 0 Å². The van der Waals surface area contributed by atoms with Crippen LogP contribution in [0.25, 0.3) is 0 Å². The molecule has 134 valence electrons. The van der Waals surface area contributed by atoms with Crippen molar-refractivity contribution in [3.63, 3.8) is 0 Å². The first-order valence-electron chi connectivity index (χ1n) is 9.77. The molecule has 0 bridgehead atoms. The Morgan fingerprint density at radius 3 is 2.67 bits per heavy atom. The zero-order valence-corrected chi connectivity index (χ0v) is 15.8. The van der Waals surface area contributed by atoms with E-state index in [2.05, 4.69) is 32.8 Å². The lowest BCUT2D eigenvalue weighted by Gasteiger charge is -2.60. The Morgan fingerprint density at radius 2 is 2.04 bits per heavy atom. The molecular formula is C22H34O2. The van der Waals surface area contributed by atoms with Crippen LogP contribution in [0.4, 0.5) is 0 Å². The number of hydrogen-bond donors (Lipinski definition) is 2. The lowest BCUT2D eigenvalue weighted by atomic mass is 9.45. The SMILES string of the molecule is C#CC(C)(O)C1(C)CC[C@H]2C(CC=C3CC(O)CCC32C)C1CC. The van der Waals surface area contributed by atoms with Gasteiger partial charge in [-0.05, 0) is 68.6 Å². The Hall–Kier alpha value is -0.780. The van der Waals surface area contributed by atoms with Crippen LogP contribution in [0.3, 0.4) is 0 Å².